The fraction of sp³-hybridized carbons (Fsp3) is 0.333. The number of nitrogens with one attached hydrogen (secondary N) is 3. The fourth-order valence-corrected chi connectivity index (χ4v) is 2.66. The van der Waals surface area contributed by atoms with E-state index < -0.39 is 0 Å². The Balaban J connectivity index is 1.98. The molecule has 0 aliphatic heterocycles. The normalized spacial score (nSPS) is 11.7. The lowest BCUT2D eigenvalue weighted by atomic mass is 10.0. The Morgan fingerprint density at radius 1 is 0.962 bits per heavy atom. The zero-order valence-electron chi connectivity index (χ0n) is 15.8. The molecule has 0 heterocycles. The second kappa shape index (κ2) is 9.04. The molecule has 2 aromatic carbocycles. The molecular formula is C21H27N3O2. The lowest BCUT2D eigenvalue weighted by Gasteiger charge is -2.18. The van der Waals surface area contributed by atoms with E-state index >= 15 is 0 Å². The van der Waals surface area contributed by atoms with Gasteiger partial charge in [0.15, 0.2) is 0 Å². The summed E-state index contributed by atoms with van der Waals surface area (Å²) < 4.78 is 0. The monoisotopic (exact) mass is 353 g/mol. The van der Waals surface area contributed by atoms with Crippen LogP contribution in [0.5, 0.6) is 0 Å². The molecule has 2 aromatic rings. The van der Waals surface area contributed by atoms with E-state index in [2.05, 4.69) is 29.8 Å². The summed E-state index contributed by atoms with van der Waals surface area (Å²) >= 11 is 0. The van der Waals surface area contributed by atoms with Crippen molar-refractivity contribution in [2.75, 3.05) is 17.7 Å². The number of hydrogen-bond donors (Lipinski definition) is 3. The van der Waals surface area contributed by atoms with E-state index in [0.717, 1.165) is 22.5 Å². The highest BCUT2D eigenvalue weighted by atomic mass is 16.2. The Morgan fingerprint density at radius 3 is 2.23 bits per heavy atom. The van der Waals surface area contributed by atoms with Crippen molar-refractivity contribution in [1.29, 1.82) is 0 Å². The first-order chi connectivity index (χ1) is 12.4. The molecule has 0 aliphatic rings. The van der Waals surface area contributed by atoms with Crippen LogP contribution >= 0.6 is 0 Å². The third-order valence-corrected chi connectivity index (χ3v) is 4.21. The number of para-hydroxylation sites is 1. The second-order valence-corrected chi connectivity index (χ2v) is 6.64. The smallest absolute Gasteiger partial charge is 0.246 e. The average Bonchev–Trinajstić information content (AvgIpc) is 2.63. The average molecular weight is 353 g/mol. The Labute approximate surface area is 155 Å². The predicted molar refractivity (Wildman–Crippen MR) is 106 cm³/mol. The first-order valence-electron chi connectivity index (χ1n) is 8.86. The van der Waals surface area contributed by atoms with Gasteiger partial charge in [0.05, 0.1) is 6.42 Å². The molecular weight excluding hydrogens is 326 g/mol. The van der Waals surface area contributed by atoms with E-state index in [0.29, 0.717) is 12.3 Å². The predicted octanol–water partition coefficient (Wildman–Crippen LogP) is 3.54. The van der Waals surface area contributed by atoms with Crippen molar-refractivity contribution in [2.45, 2.75) is 39.2 Å². The highest BCUT2D eigenvalue weighted by Crippen LogP contribution is 2.24. The molecule has 0 bridgehead atoms. The molecule has 0 aliphatic carbocycles. The molecule has 5 nitrogen and oxygen atoms in total. The van der Waals surface area contributed by atoms with Crippen LogP contribution in [0.2, 0.25) is 0 Å². The summed E-state index contributed by atoms with van der Waals surface area (Å²) in [6.45, 7) is 6.03. The minimum atomic E-state index is -0.389. The number of anilines is 2. The van der Waals surface area contributed by atoms with Gasteiger partial charge in [-0.3, -0.25) is 9.59 Å². The molecule has 1 unspecified atom stereocenters. The van der Waals surface area contributed by atoms with Crippen molar-refractivity contribution in [3.8, 4) is 0 Å². The van der Waals surface area contributed by atoms with Crippen molar-refractivity contribution in [2.24, 2.45) is 0 Å². The number of benzene rings is 2. The van der Waals surface area contributed by atoms with Gasteiger partial charge in [0, 0.05) is 18.4 Å². The summed E-state index contributed by atoms with van der Waals surface area (Å²) in [6, 6.07) is 15.0. The summed E-state index contributed by atoms with van der Waals surface area (Å²) in [6.07, 6.45) is 0.346. The third kappa shape index (κ3) is 5.34. The van der Waals surface area contributed by atoms with E-state index in [-0.39, 0.29) is 17.9 Å². The molecule has 1 atom stereocenters. The van der Waals surface area contributed by atoms with E-state index in [1.54, 1.807) is 7.05 Å². The minimum absolute atomic E-state index is 0.0257. The summed E-state index contributed by atoms with van der Waals surface area (Å²) in [5.41, 5.74) is 3.73. The molecule has 0 radical (unpaired) electrons. The van der Waals surface area contributed by atoms with E-state index in [1.807, 2.05) is 55.5 Å². The van der Waals surface area contributed by atoms with Gasteiger partial charge < -0.3 is 16.0 Å². The molecule has 138 valence electrons. The highest BCUT2D eigenvalue weighted by Gasteiger charge is 2.15. The number of likely N-dealkylation sites (N-methyl/N-ethyl adjacent to an activating group) is 1. The maximum atomic E-state index is 12.5. The highest BCUT2D eigenvalue weighted by molar-refractivity contribution is 5.96. The summed E-state index contributed by atoms with van der Waals surface area (Å²) in [5.74, 6) is 0.220. The van der Waals surface area contributed by atoms with Gasteiger partial charge in [0.1, 0.15) is 6.04 Å². The molecule has 3 N–H and O–H groups in total. The molecule has 2 amide bonds. The number of carbonyl (C=O) groups is 2. The van der Waals surface area contributed by atoms with Crippen LogP contribution in [0, 0.1) is 0 Å². The quantitative estimate of drug-likeness (QED) is 0.713. The maximum Gasteiger partial charge on any atom is 0.246 e. The maximum absolute atomic E-state index is 12.5. The van der Waals surface area contributed by atoms with Crippen molar-refractivity contribution < 1.29 is 9.59 Å². The zero-order valence-corrected chi connectivity index (χ0v) is 15.8. The molecule has 5 heteroatoms. The van der Waals surface area contributed by atoms with Crippen LogP contribution in [0.4, 0.5) is 11.4 Å². The molecule has 2 rings (SSSR count). The molecule has 0 saturated carbocycles. The van der Waals surface area contributed by atoms with Crippen LogP contribution in [-0.4, -0.2) is 24.9 Å². The number of carbonyl (C=O) groups excluding carboxylic acids is 2. The summed E-state index contributed by atoms with van der Waals surface area (Å²) in [7, 11) is 1.62. The number of rotatable bonds is 7. The number of hydrogen-bond acceptors (Lipinski definition) is 3. The molecule has 26 heavy (non-hydrogen) atoms. The van der Waals surface area contributed by atoms with Crippen LogP contribution in [-0.2, 0) is 16.0 Å². The van der Waals surface area contributed by atoms with Crippen molar-refractivity contribution in [1.82, 2.24) is 5.32 Å². The SMILES string of the molecule is CNC(=O)Cc1ccc(NC(C)C(=O)Nc2ccccc2C(C)C)cc1. The van der Waals surface area contributed by atoms with E-state index in [4.69, 9.17) is 0 Å². The van der Waals surface area contributed by atoms with Crippen molar-refractivity contribution >= 4 is 23.2 Å². The van der Waals surface area contributed by atoms with Gasteiger partial charge in [-0.2, -0.15) is 0 Å². The lowest BCUT2D eigenvalue weighted by molar-refractivity contribution is -0.120. The third-order valence-electron chi connectivity index (χ3n) is 4.21. The Bertz CT molecular complexity index is 754. The van der Waals surface area contributed by atoms with Crippen LogP contribution in [0.15, 0.2) is 48.5 Å². The van der Waals surface area contributed by atoms with Crippen LogP contribution in [0.3, 0.4) is 0 Å². The zero-order chi connectivity index (χ0) is 19.1. The Kier molecular flexibility index (Phi) is 6.78. The van der Waals surface area contributed by atoms with Crippen molar-refractivity contribution in [3.05, 3.63) is 59.7 Å². The van der Waals surface area contributed by atoms with Gasteiger partial charge in [0.25, 0.3) is 0 Å². The largest absolute Gasteiger partial charge is 0.374 e. The molecule has 0 spiro atoms. The van der Waals surface area contributed by atoms with E-state index in [9.17, 15) is 9.59 Å². The topological polar surface area (TPSA) is 70.2 Å². The molecule has 0 aromatic heterocycles. The van der Waals surface area contributed by atoms with Crippen LogP contribution in [0.1, 0.15) is 37.8 Å². The lowest BCUT2D eigenvalue weighted by Crippen LogP contribution is -2.32. The molecule has 0 fully saturated rings. The minimum Gasteiger partial charge on any atom is -0.374 e. The van der Waals surface area contributed by atoms with E-state index in [1.165, 1.54) is 0 Å². The van der Waals surface area contributed by atoms with Gasteiger partial charge in [-0.15, -0.1) is 0 Å². The molecule has 0 saturated heterocycles. The first-order valence-corrected chi connectivity index (χ1v) is 8.86. The van der Waals surface area contributed by atoms with Crippen LogP contribution in [0.25, 0.3) is 0 Å². The number of amides is 2. The van der Waals surface area contributed by atoms with Gasteiger partial charge in [-0.1, -0.05) is 44.2 Å². The van der Waals surface area contributed by atoms with Gasteiger partial charge in [0.2, 0.25) is 11.8 Å². The summed E-state index contributed by atoms with van der Waals surface area (Å²) in [5, 5.41) is 8.80. The Hall–Kier alpha value is -2.82. The first kappa shape index (κ1) is 19.5. The summed E-state index contributed by atoms with van der Waals surface area (Å²) in [4.78, 5) is 23.9. The van der Waals surface area contributed by atoms with Crippen molar-refractivity contribution in [3.63, 3.8) is 0 Å². The van der Waals surface area contributed by atoms with Gasteiger partial charge >= 0.3 is 0 Å². The second-order valence-electron chi connectivity index (χ2n) is 6.64. The van der Waals surface area contributed by atoms with Gasteiger partial charge in [-0.25, -0.2) is 0 Å². The van der Waals surface area contributed by atoms with Crippen LogP contribution < -0.4 is 16.0 Å². The van der Waals surface area contributed by atoms with Gasteiger partial charge in [-0.05, 0) is 42.2 Å². The Morgan fingerprint density at radius 2 is 1.62 bits per heavy atom. The standard InChI is InChI=1S/C21H27N3O2/c1-14(2)18-7-5-6-8-19(18)24-21(26)15(3)23-17-11-9-16(10-12-17)13-20(25)22-4/h5-12,14-15,23H,13H2,1-4H3,(H,22,25)(H,24,26). The fourth-order valence-electron chi connectivity index (χ4n) is 2.66.